The first-order chi connectivity index (χ1) is 18.7. The number of amides is 1. The lowest BCUT2D eigenvalue weighted by atomic mass is 10.0. The van der Waals surface area contributed by atoms with E-state index < -0.39 is 10.0 Å². The molecule has 0 unspecified atom stereocenters. The topological polar surface area (TPSA) is 115 Å². The molecule has 40 heavy (non-hydrogen) atoms. The normalized spacial score (nSPS) is 13.1. The molecule has 1 aliphatic rings. The van der Waals surface area contributed by atoms with Crippen LogP contribution in [0.4, 0.5) is 10.1 Å². The highest BCUT2D eigenvalue weighted by Crippen LogP contribution is 2.48. The number of nitrogens with two attached hydrogens (primary N) is 1. The number of ether oxygens (including phenoxy) is 1. The van der Waals surface area contributed by atoms with E-state index in [1.54, 1.807) is 37.4 Å². The maximum atomic E-state index is 13.2. The molecule has 0 atom stereocenters. The van der Waals surface area contributed by atoms with Gasteiger partial charge in [0.2, 0.25) is 10.0 Å². The summed E-state index contributed by atoms with van der Waals surface area (Å²) in [5, 5.41) is 3.32. The number of rotatable bonds is 10. The maximum absolute atomic E-state index is 13.2. The van der Waals surface area contributed by atoms with Crippen LogP contribution < -0.4 is 20.1 Å². The number of furan rings is 1. The van der Waals surface area contributed by atoms with Crippen LogP contribution >= 0.6 is 12.4 Å². The molecule has 0 aliphatic heterocycles. The Morgan fingerprint density at radius 1 is 1.10 bits per heavy atom. The van der Waals surface area contributed by atoms with Crippen LogP contribution in [0.2, 0.25) is 0 Å². The summed E-state index contributed by atoms with van der Waals surface area (Å²) < 4.78 is 52.1. The molecule has 1 fully saturated rings. The Hall–Kier alpha value is -3.60. The first-order valence-electron chi connectivity index (χ1n) is 12.7. The second-order valence-electron chi connectivity index (χ2n) is 9.62. The van der Waals surface area contributed by atoms with E-state index in [4.69, 9.17) is 14.9 Å². The van der Waals surface area contributed by atoms with E-state index in [2.05, 4.69) is 5.32 Å². The van der Waals surface area contributed by atoms with Crippen LogP contribution in [0.5, 0.6) is 11.5 Å². The van der Waals surface area contributed by atoms with Crippen molar-refractivity contribution in [3.05, 3.63) is 77.6 Å². The third kappa shape index (κ3) is 6.09. The minimum Gasteiger partial charge on any atom is -0.457 e. The van der Waals surface area contributed by atoms with Crippen molar-refractivity contribution in [2.75, 3.05) is 30.7 Å². The molecule has 0 radical (unpaired) electrons. The number of nitrogens with one attached hydrogen (secondary N) is 1. The average molecular weight is 588 g/mol. The number of benzene rings is 3. The fraction of sp³-hybridized carbons (Fsp3) is 0.276. The lowest BCUT2D eigenvalue weighted by molar-refractivity contribution is 0.0964. The summed E-state index contributed by atoms with van der Waals surface area (Å²) in [4.78, 5) is 13.1. The highest BCUT2D eigenvalue weighted by Gasteiger charge is 2.33. The molecule has 1 saturated carbocycles. The number of hydrogen-bond donors (Lipinski definition) is 2. The molecule has 4 aromatic rings. The molecule has 212 valence electrons. The van der Waals surface area contributed by atoms with Crippen LogP contribution in [0.3, 0.4) is 0 Å². The van der Waals surface area contributed by atoms with Crippen molar-refractivity contribution in [2.45, 2.75) is 25.2 Å². The predicted octanol–water partition coefficient (Wildman–Crippen LogP) is 5.80. The van der Waals surface area contributed by atoms with Gasteiger partial charge in [-0.3, -0.25) is 9.10 Å². The number of halogens is 2. The van der Waals surface area contributed by atoms with Crippen LogP contribution in [0.1, 0.15) is 41.1 Å². The van der Waals surface area contributed by atoms with E-state index in [1.807, 2.05) is 6.07 Å². The molecule has 1 amide bonds. The Kier molecular flexibility index (Phi) is 8.72. The first-order valence-corrected chi connectivity index (χ1v) is 14.6. The van der Waals surface area contributed by atoms with Crippen LogP contribution in [0.25, 0.3) is 22.3 Å². The highest BCUT2D eigenvalue weighted by atomic mass is 35.5. The zero-order chi connectivity index (χ0) is 27.7. The summed E-state index contributed by atoms with van der Waals surface area (Å²) in [5.74, 6) is 0.938. The first kappa shape index (κ1) is 29.4. The zero-order valence-corrected chi connectivity index (χ0v) is 23.8. The van der Waals surface area contributed by atoms with Crippen LogP contribution in [-0.4, -0.2) is 40.7 Å². The van der Waals surface area contributed by atoms with E-state index in [1.165, 1.54) is 34.8 Å². The fourth-order valence-corrected chi connectivity index (χ4v) is 5.63. The number of nitrogens with zero attached hydrogens (tertiary/aromatic N) is 1. The van der Waals surface area contributed by atoms with Crippen molar-refractivity contribution in [1.82, 2.24) is 5.32 Å². The number of sulfonamides is 1. The van der Waals surface area contributed by atoms with Crippen molar-refractivity contribution in [3.8, 4) is 22.8 Å². The van der Waals surface area contributed by atoms with E-state index in [9.17, 15) is 17.6 Å². The fourth-order valence-electron chi connectivity index (χ4n) is 4.65. The number of fused-ring (bicyclic) bond motifs is 1. The summed E-state index contributed by atoms with van der Waals surface area (Å²) in [7, 11) is -2.02. The van der Waals surface area contributed by atoms with E-state index in [0.717, 1.165) is 18.4 Å². The molecule has 11 heteroatoms. The zero-order valence-electron chi connectivity index (χ0n) is 22.1. The average Bonchev–Trinajstić information content (AvgIpc) is 3.69. The summed E-state index contributed by atoms with van der Waals surface area (Å²) in [6, 6.07) is 16.3. The van der Waals surface area contributed by atoms with Gasteiger partial charge in [-0.1, -0.05) is 0 Å². The van der Waals surface area contributed by atoms with Crippen molar-refractivity contribution in [2.24, 2.45) is 5.73 Å². The molecule has 8 nitrogen and oxygen atoms in total. The van der Waals surface area contributed by atoms with Crippen LogP contribution in [0.15, 0.2) is 65.1 Å². The van der Waals surface area contributed by atoms with Gasteiger partial charge in [0.1, 0.15) is 28.7 Å². The van der Waals surface area contributed by atoms with Gasteiger partial charge in [0.05, 0.1) is 17.5 Å². The van der Waals surface area contributed by atoms with E-state index in [-0.39, 0.29) is 36.6 Å². The molecule has 1 heterocycles. The Morgan fingerprint density at radius 3 is 2.27 bits per heavy atom. The van der Waals surface area contributed by atoms with Gasteiger partial charge in [-0.25, -0.2) is 12.8 Å². The van der Waals surface area contributed by atoms with Gasteiger partial charge in [0, 0.05) is 30.6 Å². The molecule has 0 spiro atoms. The monoisotopic (exact) mass is 587 g/mol. The Labute approximate surface area is 238 Å². The second kappa shape index (κ2) is 11.9. The number of carbonyl (C=O) groups is 1. The minimum atomic E-state index is -3.57. The number of anilines is 1. The smallest absolute Gasteiger partial charge is 0.255 e. The lowest BCUT2D eigenvalue weighted by Gasteiger charge is -2.25. The molecule has 0 saturated heterocycles. The quantitative estimate of drug-likeness (QED) is 0.242. The summed E-state index contributed by atoms with van der Waals surface area (Å²) in [6.45, 7) is 0.617. The van der Waals surface area contributed by atoms with Gasteiger partial charge in [-0.15, -0.1) is 12.4 Å². The van der Waals surface area contributed by atoms with Gasteiger partial charge < -0.3 is 20.2 Å². The minimum absolute atomic E-state index is 0. The van der Waals surface area contributed by atoms with Crippen molar-refractivity contribution in [3.63, 3.8) is 0 Å². The number of hydrogen-bond acceptors (Lipinski definition) is 6. The summed E-state index contributed by atoms with van der Waals surface area (Å²) in [6.07, 6.45) is 3.59. The molecule has 1 aromatic heterocycles. The predicted molar refractivity (Wildman–Crippen MR) is 157 cm³/mol. The van der Waals surface area contributed by atoms with Crippen LogP contribution in [-0.2, 0) is 10.0 Å². The molecular formula is C29H31ClFN3O5S. The van der Waals surface area contributed by atoms with Gasteiger partial charge in [0.25, 0.3) is 5.91 Å². The standard InChI is InChI=1S/C29H30FN3O5S.ClH/c1-32-29(34)27-24-16-23(18-4-5-18)25(33(15-3-14-31)39(2,35)36)17-26(24)38-28(27)19-6-10-21(11-7-19)37-22-12-8-20(30)9-13-22;/h6-13,16-18H,3-5,14-15,31H2,1-2H3,(H,32,34);1H. The summed E-state index contributed by atoms with van der Waals surface area (Å²) >= 11 is 0. The number of carbonyl (C=O) groups excluding carboxylic acids is 1. The lowest BCUT2D eigenvalue weighted by Crippen LogP contribution is -2.32. The molecule has 1 aliphatic carbocycles. The maximum Gasteiger partial charge on any atom is 0.255 e. The van der Waals surface area contributed by atoms with Gasteiger partial charge >= 0.3 is 0 Å². The molecule has 3 aromatic carbocycles. The third-order valence-corrected chi connectivity index (χ3v) is 7.89. The van der Waals surface area contributed by atoms with Gasteiger partial charge in [-0.2, -0.15) is 0 Å². The van der Waals surface area contributed by atoms with Crippen molar-refractivity contribution < 1.29 is 26.8 Å². The second-order valence-corrected chi connectivity index (χ2v) is 11.5. The molecule has 5 rings (SSSR count). The Bertz CT molecular complexity index is 1620. The molecule has 3 N–H and O–H groups in total. The highest BCUT2D eigenvalue weighted by molar-refractivity contribution is 7.92. The largest absolute Gasteiger partial charge is 0.457 e. The van der Waals surface area contributed by atoms with E-state index >= 15 is 0 Å². The molecular weight excluding hydrogens is 557 g/mol. The summed E-state index contributed by atoms with van der Waals surface area (Å²) in [5.41, 5.74) is 8.57. The Morgan fingerprint density at radius 2 is 1.73 bits per heavy atom. The van der Waals surface area contributed by atoms with Crippen LogP contribution in [0, 0.1) is 5.82 Å². The Balaban J connectivity index is 0.00000370. The SMILES string of the molecule is CNC(=O)c1c(-c2ccc(Oc3ccc(F)cc3)cc2)oc2cc(N(CCCN)S(C)(=O)=O)c(C3CC3)cc12.Cl. The van der Waals surface area contributed by atoms with Crippen molar-refractivity contribution in [1.29, 1.82) is 0 Å². The molecule has 0 bridgehead atoms. The van der Waals surface area contributed by atoms with Crippen molar-refractivity contribution >= 4 is 45.0 Å². The van der Waals surface area contributed by atoms with Gasteiger partial charge in [0.15, 0.2) is 0 Å². The van der Waals surface area contributed by atoms with Gasteiger partial charge in [-0.05, 0) is 91.9 Å². The third-order valence-electron chi connectivity index (χ3n) is 6.71. The van der Waals surface area contributed by atoms with E-state index in [0.29, 0.717) is 58.0 Å².